The van der Waals surface area contributed by atoms with Crippen LogP contribution < -0.4 is 9.47 Å². The summed E-state index contributed by atoms with van der Waals surface area (Å²) in [5, 5.41) is 0. The van der Waals surface area contributed by atoms with Gasteiger partial charge >= 0.3 is 12.3 Å². The number of hydrogen-bond acceptors (Lipinski definition) is 4. The maximum Gasteiger partial charge on any atom is 0.513 e. The first-order valence-corrected chi connectivity index (χ1v) is 7.48. The van der Waals surface area contributed by atoms with Crippen LogP contribution in [0.5, 0.6) is 11.5 Å². The predicted molar refractivity (Wildman–Crippen MR) is 84.7 cm³/mol. The predicted octanol–water partition coefficient (Wildman–Crippen LogP) is 5.19. The highest BCUT2D eigenvalue weighted by Gasteiger charge is 2.35. The highest BCUT2D eigenvalue weighted by molar-refractivity contribution is 5.64. The number of alkyl halides is 3. The van der Waals surface area contributed by atoms with Gasteiger partial charge in [0.15, 0.2) is 0 Å². The molecule has 0 aliphatic rings. The fourth-order valence-electron chi connectivity index (χ4n) is 2.19. The van der Waals surface area contributed by atoms with E-state index in [9.17, 15) is 22.4 Å². The summed E-state index contributed by atoms with van der Waals surface area (Å²) >= 11 is 0. The van der Waals surface area contributed by atoms with Crippen molar-refractivity contribution < 1.29 is 36.6 Å². The monoisotopic (exact) mass is 372 g/mol. The molecule has 0 aliphatic heterocycles. The fourth-order valence-corrected chi connectivity index (χ4v) is 2.19. The summed E-state index contributed by atoms with van der Waals surface area (Å²) in [6.45, 7) is 2.62. The maximum absolute atomic E-state index is 14.1. The van der Waals surface area contributed by atoms with Crippen molar-refractivity contribution in [3.05, 3.63) is 58.4 Å². The molecule has 0 heterocycles. The number of benzene rings is 2. The van der Waals surface area contributed by atoms with Gasteiger partial charge in [-0.15, -0.1) is 0 Å². The SMILES string of the molecule is COC(=O)Oc1cccc(F)c1COc1cc(C)c(C)cc1C(F)(F)F. The van der Waals surface area contributed by atoms with Gasteiger partial charge in [0.1, 0.15) is 23.9 Å². The summed E-state index contributed by atoms with van der Waals surface area (Å²) in [5.41, 5.74) is -0.130. The molecule has 8 heteroatoms. The van der Waals surface area contributed by atoms with Crippen molar-refractivity contribution >= 4 is 6.16 Å². The molecule has 0 aromatic heterocycles. The summed E-state index contributed by atoms with van der Waals surface area (Å²) in [5.74, 6) is -1.43. The lowest BCUT2D eigenvalue weighted by Crippen LogP contribution is -2.13. The van der Waals surface area contributed by atoms with E-state index in [1.165, 1.54) is 18.2 Å². The van der Waals surface area contributed by atoms with E-state index in [0.717, 1.165) is 19.2 Å². The quantitative estimate of drug-likeness (QED) is 0.421. The second-order valence-corrected chi connectivity index (χ2v) is 5.49. The standard InChI is InChI=1S/C18H16F4O4/c1-10-7-13(18(20,21)22)16(8-11(10)2)25-9-12-14(19)5-4-6-15(12)26-17(23)24-3/h4-8H,9H2,1-3H3. The Bertz CT molecular complexity index is 816. The van der Waals surface area contributed by atoms with E-state index in [1.54, 1.807) is 13.8 Å². The van der Waals surface area contributed by atoms with Crippen LogP contribution in [0.25, 0.3) is 0 Å². The highest BCUT2D eigenvalue weighted by atomic mass is 19.4. The molecule has 0 unspecified atom stereocenters. The van der Waals surface area contributed by atoms with E-state index in [2.05, 4.69) is 4.74 Å². The van der Waals surface area contributed by atoms with Crippen molar-refractivity contribution in [2.45, 2.75) is 26.6 Å². The molecule has 0 saturated carbocycles. The lowest BCUT2D eigenvalue weighted by atomic mass is 10.0. The Labute approximate surface area is 147 Å². The zero-order chi connectivity index (χ0) is 19.5. The second-order valence-electron chi connectivity index (χ2n) is 5.49. The van der Waals surface area contributed by atoms with E-state index in [1.807, 2.05) is 0 Å². The molecule has 0 radical (unpaired) electrons. The Balaban J connectivity index is 2.35. The number of hydrogen-bond donors (Lipinski definition) is 0. The van der Waals surface area contributed by atoms with Crippen LogP contribution in [0.15, 0.2) is 30.3 Å². The largest absolute Gasteiger partial charge is 0.513 e. The molecule has 0 fully saturated rings. The van der Waals surface area contributed by atoms with Crippen molar-refractivity contribution in [1.29, 1.82) is 0 Å². The van der Waals surface area contributed by atoms with Crippen molar-refractivity contribution in [2.75, 3.05) is 7.11 Å². The van der Waals surface area contributed by atoms with Gasteiger partial charge in [-0.2, -0.15) is 13.2 Å². The number of rotatable bonds is 4. The van der Waals surface area contributed by atoms with Crippen LogP contribution in [0.1, 0.15) is 22.3 Å². The van der Waals surface area contributed by atoms with Gasteiger partial charge in [0.25, 0.3) is 0 Å². The lowest BCUT2D eigenvalue weighted by Gasteiger charge is -2.17. The Morgan fingerprint density at radius 2 is 1.73 bits per heavy atom. The van der Waals surface area contributed by atoms with Crippen molar-refractivity contribution in [3.8, 4) is 11.5 Å². The minimum Gasteiger partial charge on any atom is -0.488 e. The van der Waals surface area contributed by atoms with Crippen molar-refractivity contribution in [3.63, 3.8) is 0 Å². The molecule has 2 aromatic carbocycles. The Kier molecular flexibility index (Phi) is 5.74. The molecular weight excluding hydrogens is 356 g/mol. The van der Waals surface area contributed by atoms with Gasteiger partial charge in [0.2, 0.25) is 0 Å². The summed E-state index contributed by atoms with van der Waals surface area (Å²) in [6, 6.07) is 5.85. The van der Waals surface area contributed by atoms with Gasteiger partial charge in [-0.05, 0) is 49.2 Å². The van der Waals surface area contributed by atoms with Crippen LogP contribution in [0.2, 0.25) is 0 Å². The van der Waals surface area contributed by atoms with Gasteiger partial charge in [-0.3, -0.25) is 0 Å². The third-order valence-electron chi connectivity index (χ3n) is 3.71. The molecule has 26 heavy (non-hydrogen) atoms. The van der Waals surface area contributed by atoms with E-state index in [4.69, 9.17) is 9.47 Å². The van der Waals surface area contributed by atoms with Crippen LogP contribution in [0.4, 0.5) is 22.4 Å². The van der Waals surface area contributed by atoms with E-state index >= 15 is 0 Å². The minimum absolute atomic E-state index is 0.200. The van der Waals surface area contributed by atoms with Crippen LogP contribution >= 0.6 is 0 Å². The van der Waals surface area contributed by atoms with Gasteiger partial charge in [0, 0.05) is 0 Å². The second kappa shape index (κ2) is 7.63. The average Bonchev–Trinajstić information content (AvgIpc) is 2.56. The molecule has 140 valence electrons. The van der Waals surface area contributed by atoms with Gasteiger partial charge in [0.05, 0.1) is 18.2 Å². The molecular formula is C18H16F4O4. The molecule has 4 nitrogen and oxygen atoms in total. The molecule has 0 atom stereocenters. The van der Waals surface area contributed by atoms with E-state index in [-0.39, 0.29) is 11.3 Å². The van der Waals surface area contributed by atoms with Crippen molar-refractivity contribution in [1.82, 2.24) is 0 Å². The molecule has 0 N–H and O–H groups in total. The third-order valence-corrected chi connectivity index (χ3v) is 3.71. The van der Waals surface area contributed by atoms with Crippen molar-refractivity contribution in [2.24, 2.45) is 0 Å². The summed E-state index contributed by atoms with van der Waals surface area (Å²) in [6.07, 6.45) is -5.71. The molecule has 0 saturated heterocycles. The highest BCUT2D eigenvalue weighted by Crippen LogP contribution is 2.38. The fraction of sp³-hybridized carbons (Fsp3) is 0.278. The molecule has 0 aliphatic carbocycles. The Hall–Kier alpha value is -2.77. The Morgan fingerprint density at radius 3 is 2.35 bits per heavy atom. The molecule has 2 aromatic rings. The third kappa shape index (κ3) is 4.44. The minimum atomic E-state index is -4.63. The zero-order valence-electron chi connectivity index (χ0n) is 14.2. The van der Waals surface area contributed by atoms with Gasteiger partial charge in [-0.1, -0.05) is 6.07 Å². The number of aryl methyl sites for hydroxylation is 2. The maximum atomic E-state index is 14.1. The lowest BCUT2D eigenvalue weighted by molar-refractivity contribution is -0.139. The van der Waals surface area contributed by atoms with E-state index in [0.29, 0.717) is 11.1 Å². The molecule has 0 bridgehead atoms. The normalized spacial score (nSPS) is 11.2. The zero-order valence-corrected chi connectivity index (χ0v) is 14.2. The van der Waals surface area contributed by atoms with E-state index < -0.39 is 36.1 Å². The summed E-state index contributed by atoms with van der Waals surface area (Å²) < 4.78 is 68.1. The Morgan fingerprint density at radius 1 is 1.08 bits per heavy atom. The van der Waals surface area contributed by atoms with Crippen LogP contribution in [-0.2, 0) is 17.5 Å². The topological polar surface area (TPSA) is 44.8 Å². The number of carbonyl (C=O) groups is 1. The number of ether oxygens (including phenoxy) is 3. The smallest absolute Gasteiger partial charge is 0.488 e. The van der Waals surface area contributed by atoms with Gasteiger partial charge in [-0.25, -0.2) is 9.18 Å². The number of methoxy groups -OCH3 is 1. The van der Waals surface area contributed by atoms with Crippen LogP contribution in [-0.4, -0.2) is 13.3 Å². The van der Waals surface area contributed by atoms with Crippen LogP contribution in [0.3, 0.4) is 0 Å². The molecule has 2 rings (SSSR count). The first-order chi connectivity index (χ1) is 12.1. The number of carbonyl (C=O) groups excluding carboxylic acids is 1. The summed E-state index contributed by atoms with van der Waals surface area (Å²) in [4.78, 5) is 11.2. The van der Waals surface area contributed by atoms with Gasteiger partial charge < -0.3 is 14.2 Å². The first kappa shape index (κ1) is 19.6. The molecule has 0 spiro atoms. The molecule has 0 amide bonds. The first-order valence-electron chi connectivity index (χ1n) is 7.48. The summed E-state index contributed by atoms with van der Waals surface area (Å²) in [7, 11) is 1.07. The number of halogens is 4. The van der Waals surface area contributed by atoms with Crippen LogP contribution in [0, 0.1) is 19.7 Å². The average molecular weight is 372 g/mol.